The summed E-state index contributed by atoms with van der Waals surface area (Å²) >= 11 is 3.11. The van der Waals surface area contributed by atoms with E-state index in [1.165, 1.54) is 6.33 Å². The molecule has 0 aliphatic rings. The second-order valence-electron chi connectivity index (χ2n) is 2.77. The van der Waals surface area contributed by atoms with Gasteiger partial charge in [-0.1, -0.05) is 18.2 Å². The molecule has 1 N–H and O–H groups in total. The van der Waals surface area contributed by atoms with Crippen LogP contribution in [0.2, 0.25) is 0 Å². The maximum absolute atomic E-state index is 11.2. The normalized spacial score (nSPS) is 9.93. The van der Waals surface area contributed by atoms with Crippen LogP contribution >= 0.6 is 15.9 Å². The second-order valence-corrected chi connectivity index (χ2v) is 3.56. The van der Waals surface area contributed by atoms with Crippen molar-refractivity contribution in [3.8, 4) is 11.6 Å². The van der Waals surface area contributed by atoms with E-state index in [4.69, 9.17) is 4.74 Å². The molecule has 4 nitrogen and oxygen atoms in total. The number of aromatic amines is 1. The summed E-state index contributed by atoms with van der Waals surface area (Å²) in [6.07, 6.45) is 1.30. The lowest BCUT2D eigenvalue weighted by Gasteiger charge is -2.04. The van der Waals surface area contributed by atoms with Gasteiger partial charge in [0.1, 0.15) is 10.2 Å². The Morgan fingerprint density at radius 3 is 2.73 bits per heavy atom. The molecule has 0 bridgehead atoms. The second kappa shape index (κ2) is 4.27. The standard InChI is InChI=1S/C10H7BrN2O2/c11-8-9(14)12-6-13-10(8)15-7-4-2-1-3-5-7/h1-6H,(H,12,13,14). The summed E-state index contributed by atoms with van der Waals surface area (Å²) in [4.78, 5) is 17.5. The molecule has 2 aromatic rings. The van der Waals surface area contributed by atoms with Gasteiger partial charge in [0.25, 0.3) is 5.56 Å². The van der Waals surface area contributed by atoms with Crippen LogP contribution < -0.4 is 10.3 Å². The van der Waals surface area contributed by atoms with Crippen molar-refractivity contribution in [3.63, 3.8) is 0 Å². The molecule has 0 atom stereocenters. The van der Waals surface area contributed by atoms with Gasteiger partial charge >= 0.3 is 0 Å². The van der Waals surface area contributed by atoms with Crippen molar-refractivity contribution >= 4 is 15.9 Å². The number of rotatable bonds is 2. The van der Waals surface area contributed by atoms with Gasteiger partial charge in [0.05, 0.1) is 6.33 Å². The number of hydrogen-bond donors (Lipinski definition) is 1. The molecule has 0 saturated carbocycles. The highest BCUT2D eigenvalue weighted by molar-refractivity contribution is 9.10. The molecule has 0 spiro atoms. The summed E-state index contributed by atoms with van der Waals surface area (Å²) in [5.74, 6) is 0.890. The Balaban J connectivity index is 2.33. The number of benzene rings is 1. The number of H-pyrrole nitrogens is 1. The van der Waals surface area contributed by atoms with Gasteiger partial charge in [0, 0.05) is 0 Å². The highest BCUT2D eigenvalue weighted by atomic mass is 79.9. The molecule has 0 aliphatic carbocycles. The number of para-hydroxylation sites is 1. The minimum atomic E-state index is -0.268. The predicted molar refractivity (Wildman–Crippen MR) is 59.1 cm³/mol. The van der Waals surface area contributed by atoms with Crippen LogP contribution in [-0.2, 0) is 0 Å². The number of hydrogen-bond acceptors (Lipinski definition) is 3. The zero-order valence-corrected chi connectivity index (χ0v) is 9.19. The van der Waals surface area contributed by atoms with E-state index in [0.29, 0.717) is 5.75 Å². The van der Waals surface area contributed by atoms with E-state index >= 15 is 0 Å². The van der Waals surface area contributed by atoms with Gasteiger partial charge in [0.15, 0.2) is 0 Å². The van der Waals surface area contributed by atoms with Crippen molar-refractivity contribution in [2.75, 3.05) is 0 Å². The maximum Gasteiger partial charge on any atom is 0.268 e. The molecule has 0 amide bonds. The van der Waals surface area contributed by atoms with Gasteiger partial charge in [-0.05, 0) is 28.1 Å². The first kappa shape index (κ1) is 9.92. The van der Waals surface area contributed by atoms with E-state index in [2.05, 4.69) is 25.9 Å². The lowest BCUT2D eigenvalue weighted by atomic mass is 10.3. The molecule has 15 heavy (non-hydrogen) atoms. The SMILES string of the molecule is O=c1[nH]cnc(Oc2ccccc2)c1Br. The summed E-state index contributed by atoms with van der Waals surface area (Å²) in [6, 6.07) is 9.14. The highest BCUT2D eigenvalue weighted by Crippen LogP contribution is 2.23. The molecular formula is C10H7BrN2O2. The topological polar surface area (TPSA) is 55.0 Å². The number of ether oxygens (including phenoxy) is 1. The van der Waals surface area contributed by atoms with Crippen LogP contribution in [0.25, 0.3) is 0 Å². The molecule has 5 heteroatoms. The Morgan fingerprint density at radius 1 is 1.27 bits per heavy atom. The van der Waals surface area contributed by atoms with E-state index < -0.39 is 0 Å². The van der Waals surface area contributed by atoms with Crippen LogP contribution in [0.1, 0.15) is 0 Å². The summed E-state index contributed by atoms with van der Waals surface area (Å²) in [5, 5.41) is 0. The number of halogens is 1. The lowest BCUT2D eigenvalue weighted by Crippen LogP contribution is -2.08. The average Bonchev–Trinajstić information content (AvgIpc) is 2.26. The highest BCUT2D eigenvalue weighted by Gasteiger charge is 2.06. The largest absolute Gasteiger partial charge is 0.438 e. The van der Waals surface area contributed by atoms with E-state index in [1.54, 1.807) is 12.1 Å². The third-order valence-electron chi connectivity index (χ3n) is 1.72. The summed E-state index contributed by atoms with van der Waals surface area (Å²) in [7, 11) is 0. The van der Waals surface area contributed by atoms with Crippen LogP contribution in [-0.4, -0.2) is 9.97 Å². The average molecular weight is 267 g/mol. The van der Waals surface area contributed by atoms with Crippen LogP contribution in [0.3, 0.4) is 0 Å². The minimum Gasteiger partial charge on any atom is -0.438 e. The van der Waals surface area contributed by atoms with Crippen LogP contribution in [0.4, 0.5) is 0 Å². The van der Waals surface area contributed by atoms with Crippen molar-refractivity contribution in [3.05, 3.63) is 51.5 Å². The Bertz CT molecular complexity index is 510. The molecule has 2 rings (SSSR count). The van der Waals surface area contributed by atoms with Gasteiger partial charge in [-0.25, -0.2) is 4.98 Å². The number of nitrogens with one attached hydrogen (secondary N) is 1. The summed E-state index contributed by atoms with van der Waals surface area (Å²) < 4.78 is 5.70. The van der Waals surface area contributed by atoms with Gasteiger partial charge in [-0.3, -0.25) is 4.79 Å². The first-order valence-corrected chi connectivity index (χ1v) is 5.03. The first-order chi connectivity index (χ1) is 7.27. The Morgan fingerprint density at radius 2 is 2.00 bits per heavy atom. The zero-order chi connectivity index (χ0) is 10.7. The van der Waals surface area contributed by atoms with Crippen LogP contribution in [0.5, 0.6) is 11.6 Å². The lowest BCUT2D eigenvalue weighted by molar-refractivity contribution is 0.457. The predicted octanol–water partition coefficient (Wildman–Crippen LogP) is 2.32. The molecule has 1 aromatic heterocycles. The van der Waals surface area contributed by atoms with Gasteiger partial charge in [0.2, 0.25) is 5.88 Å². The van der Waals surface area contributed by atoms with Crippen molar-refractivity contribution in [2.45, 2.75) is 0 Å². The van der Waals surface area contributed by atoms with E-state index in [9.17, 15) is 4.79 Å². The quantitative estimate of drug-likeness (QED) is 0.908. The van der Waals surface area contributed by atoms with E-state index in [0.717, 1.165) is 0 Å². The van der Waals surface area contributed by atoms with Gasteiger partial charge < -0.3 is 9.72 Å². The zero-order valence-electron chi connectivity index (χ0n) is 7.61. The number of nitrogens with zero attached hydrogens (tertiary/aromatic N) is 1. The molecule has 0 aliphatic heterocycles. The molecule has 0 unspecified atom stereocenters. The van der Waals surface area contributed by atoms with E-state index in [1.807, 2.05) is 18.2 Å². The third-order valence-corrected chi connectivity index (χ3v) is 2.42. The van der Waals surface area contributed by atoms with Crippen LogP contribution in [0, 0.1) is 0 Å². The molecule has 1 aromatic carbocycles. The first-order valence-electron chi connectivity index (χ1n) is 4.23. The smallest absolute Gasteiger partial charge is 0.268 e. The fraction of sp³-hybridized carbons (Fsp3) is 0. The monoisotopic (exact) mass is 266 g/mol. The van der Waals surface area contributed by atoms with Crippen molar-refractivity contribution in [1.29, 1.82) is 0 Å². The van der Waals surface area contributed by atoms with Crippen LogP contribution in [0.15, 0.2) is 45.9 Å². The van der Waals surface area contributed by atoms with Crippen molar-refractivity contribution < 1.29 is 4.74 Å². The van der Waals surface area contributed by atoms with Gasteiger partial charge in [-0.2, -0.15) is 0 Å². The maximum atomic E-state index is 11.2. The third kappa shape index (κ3) is 2.24. The molecule has 1 heterocycles. The fourth-order valence-corrected chi connectivity index (χ4v) is 1.34. The Labute approximate surface area is 94.1 Å². The van der Waals surface area contributed by atoms with E-state index in [-0.39, 0.29) is 15.9 Å². The summed E-state index contributed by atoms with van der Waals surface area (Å²) in [5.41, 5.74) is -0.268. The minimum absolute atomic E-state index is 0.255. The summed E-state index contributed by atoms with van der Waals surface area (Å²) in [6.45, 7) is 0. The van der Waals surface area contributed by atoms with Crippen molar-refractivity contribution in [1.82, 2.24) is 9.97 Å². The Hall–Kier alpha value is -1.62. The molecule has 76 valence electrons. The molecule has 0 radical (unpaired) electrons. The molecule has 0 fully saturated rings. The van der Waals surface area contributed by atoms with Gasteiger partial charge in [-0.15, -0.1) is 0 Å². The van der Waals surface area contributed by atoms with Crippen molar-refractivity contribution in [2.24, 2.45) is 0 Å². The Kier molecular flexibility index (Phi) is 2.82. The fourth-order valence-electron chi connectivity index (χ4n) is 1.04. The molecule has 0 saturated heterocycles. The molecular weight excluding hydrogens is 260 g/mol. The number of aromatic nitrogens is 2.